The summed E-state index contributed by atoms with van der Waals surface area (Å²) in [5, 5.41) is 9.83. The molecule has 7 heteroatoms. The molecule has 1 N–H and O–H groups in total. The Hall–Kier alpha value is -2.66. The summed E-state index contributed by atoms with van der Waals surface area (Å²) in [5.74, 6) is 5.97. The van der Waals surface area contributed by atoms with E-state index < -0.39 is 10.0 Å². The average Bonchev–Trinajstić information content (AvgIpc) is 2.70. The molecule has 156 valence electrons. The van der Waals surface area contributed by atoms with Crippen molar-refractivity contribution in [2.75, 3.05) is 26.0 Å². The fourth-order valence-electron chi connectivity index (χ4n) is 4.36. The molecule has 4 rings (SSSR count). The van der Waals surface area contributed by atoms with Crippen LogP contribution in [0.3, 0.4) is 0 Å². The number of carbonyl (C=O) groups excluding carboxylic acids is 1. The lowest BCUT2D eigenvalue weighted by Gasteiger charge is -2.58. The molecule has 2 aromatic rings. The van der Waals surface area contributed by atoms with Gasteiger partial charge in [-0.25, -0.2) is 8.42 Å². The lowest BCUT2D eigenvalue weighted by Crippen LogP contribution is -2.73. The largest absolute Gasteiger partial charge is 0.394 e. The monoisotopic (exact) mass is 424 g/mol. The minimum absolute atomic E-state index is 0.102. The van der Waals surface area contributed by atoms with Crippen molar-refractivity contribution in [3.05, 3.63) is 71.3 Å². The van der Waals surface area contributed by atoms with Crippen LogP contribution < -0.4 is 0 Å². The third kappa shape index (κ3) is 3.99. The number of amides is 1. The van der Waals surface area contributed by atoms with Crippen LogP contribution in [0.25, 0.3) is 0 Å². The van der Waals surface area contributed by atoms with Gasteiger partial charge in [-0.1, -0.05) is 54.3 Å². The molecule has 2 aromatic carbocycles. The highest BCUT2D eigenvalue weighted by molar-refractivity contribution is 7.88. The maximum Gasteiger partial charge on any atom is 0.238 e. The highest BCUT2D eigenvalue weighted by Gasteiger charge is 2.54. The first-order valence-electron chi connectivity index (χ1n) is 9.88. The van der Waals surface area contributed by atoms with Gasteiger partial charge >= 0.3 is 0 Å². The summed E-state index contributed by atoms with van der Waals surface area (Å²) in [6.07, 6.45) is 1.80. The minimum Gasteiger partial charge on any atom is -0.394 e. The molecule has 6 nitrogen and oxygen atoms in total. The summed E-state index contributed by atoms with van der Waals surface area (Å²) in [4.78, 5) is 14.1. The average molecular weight is 425 g/mol. The number of aliphatic hydroxyl groups is 1. The minimum atomic E-state index is -3.45. The van der Waals surface area contributed by atoms with Crippen LogP contribution in [0, 0.1) is 11.8 Å². The number of sulfonamides is 1. The Labute approximate surface area is 177 Å². The SMILES string of the molecule is CS(=O)(=O)N1CC(=O)N2[C@H](C1)[C@H](c1ccc(C#CCc3ccccc3)cc1)[C@@H]2CO. The van der Waals surface area contributed by atoms with E-state index in [9.17, 15) is 18.3 Å². The van der Waals surface area contributed by atoms with Gasteiger partial charge in [0.15, 0.2) is 0 Å². The lowest BCUT2D eigenvalue weighted by molar-refractivity contribution is -0.158. The number of hydrogen-bond donors (Lipinski definition) is 1. The van der Waals surface area contributed by atoms with Crippen LogP contribution >= 0.6 is 0 Å². The van der Waals surface area contributed by atoms with Crippen LogP contribution in [0.4, 0.5) is 0 Å². The highest BCUT2D eigenvalue weighted by atomic mass is 32.2. The van der Waals surface area contributed by atoms with Crippen LogP contribution in [0.15, 0.2) is 54.6 Å². The molecule has 0 bridgehead atoms. The van der Waals surface area contributed by atoms with E-state index in [-0.39, 0.29) is 43.6 Å². The van der Waals surface area contributed by atoms with E-state index >= 15 is 0 Å². The van der Waals surface area contributed by atoms with Gasteiger partial charge in [0.05, 0.1) is 31.5 Å². The van der Waals surface area contributed by atoms with Crippen LogP contribution in [0.5, 0.6) is 0 Å². The zero-order valence-corrected chi connectivity index (χ0v) is 17.5. The van der Waals surface area contributed by atoms with E-state index in [2.05, 4.69) is 11.8 Å². The molecule has 2 aliphatic heterocycles. The van der Waals surface area contributed by atoms with Gasteiger partial charge in [-0.15, -0.1) is 0 Å². The molecule has 3 atom stereocenters. The molecular formula is C23H24N2O4S. The van der Waals surface area contributed by atoms with Crippen LogP contribution in [-0.2, 0) is 21.2 Å². The normalized spacial score (nSPS) is 23.9. The smallest absolute Gasteiger partial charge is 0.238 e. The standard InChI is InChI=1S/C23H24N2O4S/c1-30(28,29)24-14-20-23(21(16-26)25(20)22(27)15-24)19-12-10-18(11-13-19)9-5-8-17-6-3-2-4-7-17/h2-4,6-7,10-13,20-21,23,26H,8,14-16H2,1H3/t20-,21+,23+/m1/s1. The number of carbonyl (C=O) groups is 1. The molecule has 0 spiro atoms. The van der Waals surface area contributed by atoms with Crippen molar-refractivity contribution in [2.24, 2.45) is 0 Å². The molecule has 2 aliphatic rings. The summed E-state index contributed by atoms with van der Waals surface area (Å²) in [7, 11) is -3.45. The number of benzene rings is 2. The maximum atomic E-state index is 12.4. The van der Waals surface area contributed by atoms with Crippen molar-refractivity contribution in [1.82, 2.24) is 9.21 Å². The summed E-state index contributed by atoms with van der Waals surface area (Å²) in [6, 6.07) is 17.3. The first-order valence-corrected chi connectivity index (χ1v) is 11.7. The fraction of sp³-hybridized carbons (Fsp3) is 0.348. The number of piperazine rings is 1. The summed E-state index contributed by atoms with van der Waals surface area (Å²) in [6.45, 7) is -0.0523. The van der Waals surface area contributed by atoms with Crippen molar-refractivity contribution in [3.8, 4) is 11.8 Å². The Balaban J connectivity index is 1.50. The van der Waals surface area contributed by atoms with Crippen molar-refractivity contribution < 1.29 is 18.3 Å². The molecule has 2 fully saturated rings. The Kier molecular flexibility index (Phi) is 5.65. The summed E-state index contributed by atoms with van der Waals surface area (Å²) in [5.41, 5.74) is 3.04. The van der Waals surface area contributed by atoms with E-state index in [0.29, 0.717) is 6.42 Å². The number of rotatable bonds is 4. The fourth-order valence-corrected chi connectivity index (χ4v) is 5.12. The molecule has 0 aromatic heterocycles. The zero-order valence-electron chi connectivity index (χ0n) is 16.7. The van der Waals surface area contributed by atoms with E-state index in [4.69, 9.17) is 0 Å². The van der Waals surface area contributed by atoms with Crippen LogP contribution in [0.2, 0.25) is 0 Å². The topological polar surface area (TPSA) is 77.9 Å². The lowest BCUT2D eigenvalue weighted by atomic mass is 9.74. The van der Waals surface area contributed by atoms with Gasteiger partial charge in [0, 0.05) is 24.4 Å². The number of hydrogen-bond acceptors (Lipinski definition) is 4. The Morgan fingerprint density at radius 2 is 1.80 bits per heavy atom. The molecule has 0 saturated carbocycles. The molecule has 0 unspecified atom stereocenters. The first-order chi connectivity index (χ1) is 14.4. The summed E-state index contributed by atoms with van der Waals surface area (Å²) >= 11 is 0. The second-order valence-electron chi connectivity index (χ2n) is 7.79. The van der Waals surface area contributed by atoms with Crippen LogP contribution in [0.1, 0.15) is 22.6 Å². The number of fused-ring (bicyclic) bond motifs is 1. The van der Waals surface area contributed by atoms with E-state index in [0.717, 1.165) is 17.4 Å². The Morgan fingerprint density at radius 3 is 2.43 bits per heavy atom. The number of aliphatic hydroxyl groups excluding tert-OH is 1. The van der Waals surface area contributed by atoms with Gasteiger partial charge < -0.3 is 10.0 Å². The highest BCUT2D eigenvalue weighted by Crippen LogP contribution is 2.43. The maximum absolute atomic E-state index is 12.4. The van der Waals surface area contributed by atoms with Crippen molar-refractivity contribution in [2.45, 2.75) is 24.4 Å². The number of nitrogens with zero attached hydrogens (tertiary/aromatic N) is 2. The summed E-state index contributed by atoms with van der Waals surface area (Å²) < 4.78 is 25.1. The quantitative estimate of drug-likeness (QED) is 0.749. The second-order valence-corrected chi connectivity index (χ2v) is 9.77. The van der Waals surface area contributed by atoms with Crippen molar-refractivity contribution >= 4 is 15.9 Å². The van der Waals surface area contributed by atoms with Gasteiger partial charge in [0.1, 0.15) is 0 Å². The first kappa shape index (κ1) is 20.6. The van der Waals surface area contributed by atoms with Crippen molar-refractivity contribution in [3.63, 3.8) is 0 Å². The Bertz CT molecular complexity index is 1090. The second kappa shape index (κ2) is 8.23. The van der Waals surface area contributed by atoms with Crippen molar-refractivity contribution in [1.29, 1.82) is 0 Å². The zero-order chi connectivity index (χ0) is 21.3. The third-order valence-electron chi connectivity index (χ3n) is 5.85. The Morgan fingerprint density at radius 1 is 1.10 bits per heavy atom. The molecule has 0 aliphatic carbocycles. The molecule has 30 heavy (non-hydrogen) atoms. The molecule has 2 saturated heterocycles. The third-order valence-corrected chi connectivity index (χ3v) is 7.07. The molecular weight excluding hydrogens is 400 g/mol. The van der Waals surface area contributed by atoms with Gasteiger partial charge in [-0.3, -0.25) is 4.79 Å². The van der Waals surface area contributed by atoms with E-state index in [1.54, 1.807) is 4.90 Å². The van der Waals surface area contributed by atoms with Gasteiger partial charge in [0.25, 0.3) is 0 Å². The molecule has 2 heterocycles. The van der Waals surface area contributed by atoms with Gasteiger partial charge in [-0.05, 0) is 23.3 Å². The van der Waals surface area contributed by atoms with Gasteiger partial charge in [-0.2, -0.15) is 4.31 Å². The van der Waals surface area contributed by atoms with E-state index in [1.165, 1.54) is 9.87 Å². The molecule has 0 radical (unpaired) electrons. The predicted octanol–water partition coefficient (Wildman–Crippen LogP) is 1.21. The predicted molar refractivity (Wildman–Crippen MR) is 114 cm³/mol. The van der Waals surface area contributed by atoms with E-state index in [1.807, 2.05) is 54.6 Å². The molecule has 1 amide bonds. The van der Waals surface area contributed by atoms with Crippen LogP contribution in [-0.4, -0.2) is 66.7 Å². The van der Waals surface area contributed by atoms with Gasteiger partial charge in [0.2, 0.25) is 15.9 Å².